The van der Waals surface area contributed by atoms with Crippen LogP contribution in [0.1, 0.15) is 53.2 Å². The highest BCUT2D eigenvalue weighted by Gasteiger charge is 2.43. The average molecular weight is 469 g/mol. The molecule has 30 heavy (non-hydrogen) atoms. The van der Waals surface area contributed by atoms with Crippen LogP contribution in [-0.2, 0) is 13.6 Å². The predicted molar refractivity (Wildman–Crippen MR) is 133 cm³/mol. The van der Waals surface area contributed by atoms with Crippen molar-refractivity contribution >= 4 is 28.2 Å². The van der Waals surface area contributed by atoms with Crippen LogP contribution in [0.5, 0.6) is 0 Å². The largest absolute Gasteiger partial charge is 0.414 e. The average Bonchev–Trinajstić information content (AvgIpc) is 2.59. The third kappa shape index (κ3) is 6.30. The van der Waals surface area contributed by atoms with E-state index in [0.29, 0.717) is 6.61 Å². The summed E-state index contributed by atoms with van der Waals surface area (Å²) in [5.74, 6) is 0. The van der Waals surface area contributed by atoms with Gasteiger partial charge in [-0.15, -0.1) is 0 Å². The zero-order chi connectivity index (χ0) is 23.0. The molecule has 0 unspecified atom stereocenters. The summed E-state index contributed by atoms with van der Waals surface area (Å²) in [5, 5.41) is 1.03. The van der Waals surface area contributed by atoms with Crippen LogP contribution in [-0.4, -0.2) is 35.4 Å². The molecule has 6 heteroatoms. The third-order valence-electron chi connectivity index (χ3n) is 7.01. The summed E-state index contributed by atoms with van der Waals surface area (Å²) in [6, 6.07) is 7.87. The van der Waals surface area contributed by atoms with Gasteiger partial charge in [0.05, 0.1) is 12.7 Å². The van der Waals surface area contributed by atoms with Crippen LogP contribution >= 0.6 is 11.6 Å². The van der Waals surface area contributed by atoms with Crippen LogP contribution in [0, 0.1) is 0 Å². The van der Waals surface area contributed by atoms with E-state index in [0.717, 1.165) is 10.6 Å². The van der Waals surface area contributed by atoms with Crippen molar-refractivity contribution in [1.29, 1.82) is 0 Å². The highest BCUT2D eigenvalue weighted by molar-refractivity contribution is 6.74. The summed E-state index contributed by atoms with van der Waals surface area (Å²) >= 11 is 6.07. The lowest BCUT2D eigenvalue weighted by atomic mass is 10.0. The van der Waals surface area contributed by atoms with E-state index in [1.807, 2.05) is 24.3 Å². The van der Waals surface area contributed by atoms with Crippen molar-refractivity contribution in [3.05, 3.63) is 47.0 Å². The molecule has 3 nitrogen and oxygen atoms in total. The first-order valence-corrected chi connectivity index (χ1v) is 17.1. The lowest BCUT2D eigenvalue weighted by molar-refractivity contribution is -0.0739. The van der Waals surface area contributed by atoms with Crippen LogP contribution in [0.2, 0.25) is 41.3 Å². The number of hydrogen-bond acceptors (Lipinski definition) is 3. The molecule has 0 spiro atoms. The molecule has 0 bridgehead atoms. The molecule has 3 atom stereocenters. The maximum Gasteiger partial charge on any atom is 0.193 e. The standard InChI is InChI=1S/C24H41ClO3Si2/c1-23(2,3)29(7,8)26-17-22-21(28-30(9,10)24(4,5)6)16-15-20(27-22)18-11-13-19(25)14-12-18/h11-16,20-22H,17H2,1-10H3/t20-,21+,22-/m1/s1. The van der Waals surface area contributed by atoms with Gasteiger partial charge in [0, 0.05) is 5.02 Å². The Morgan fingerprint density at radius 3 is 1.90 bits per heavy atom. The Morgan fingerprint density at radius 1 is 0.867 bits per heavy atom. The molecule has 1 aromatic carbocycles. The molecule has 170 valence electrons. The van der Waals surface area contributed by atoms with Crippen molar-refractivity contribution in [3.63, 3.8) is 0 Å². The fraction of sp³-hybridized carbons (Fsp3) is 0.667. The van der Waals surface area contributed by atoms with E-state index in [-0.39, 0.29) is 28.4 Å². The summed E-state index contributed by atoms with van der Waals surface area (Å²) in [6.45, 7) is 23.3. The van der Waals surface area contributed by atoms with Crippen molar-refractivity contribution in [2.75, 3.05) is 6.61 Å². The van der Waals surface area contributed by atoms with Crippen molar-refractivity contribution in [2.45, 2.75) is 96.1 Å². The molecule has 0 aliphatic carbocycles. The number of ether oxygens (including phenoxy) is 1. The minimum Gasteiger partial charge on any atom is -0.414 e. The molecule has 0 fully saturated rings. The second-order valence-corrected chi connectivity index (χ2v) is 21.4. The van der Waals surface area contributed by atoms with Gasteiger partial charge in [0.1, 0.15) is 12.2 Å². The monoisotopic (exact) mass is 468 g/mol. The third-order valence-corrected chi connectivity index (χ3v) is 16.2. The summed E-state index contributed by atoms with van der Waals surface area (Å²) in [7, 11) is -3.84. The van der Waals surface area contributed by atoms with Crippen LogP contribution in [0.4, 0.5) is 0 Å². The lowest BCUT2D eigenvalue weighted by Crippen LogP contribution is -2.51. The first kappa shape index (κ1) is 25.8. The zero-order valence-electron chi connectivity index (χ0n) is 20.5. The van der Waals surface area contributed by atoms with Gasteiger partial charge in [-0.2, -0.15) is 0 Å². The summed E-state index contributed by atoms with van der Waals surface area (Å²) in [5.41, 5.74) is 1.10. The van der Waals surface area contributed by atoms with Gasteiger partial charge >= 0.3 is 0 Å². The summed E-state index contributed by atoms with van der Waals surface area (Å²) < 4.78 is 19.9. The van der Waals surface area contributed by atoms with Crippen LogP contribution in [0.3, 0.4) is 0 Å². The van der Waals surface area contributed by atoms with Crippen molar-refractivity contribution < 1.29 is 13.6 Å². The molecule has 1 aromatic rings. The fourth-order valence-corrected chi connectivity index (χ4v) is 5.17. The van der Waals surface area contributed by atoms with Crippen molar-refractivity contribution in [3.8, 4) is 0 Å². The Bertz CT molecular complexity index is 730. The van der Waals surface area contributed by atoms with Gasteiger partial charge in [-0.05, 0) is 54.0 Å². The van der Waals surface area contributed by atoms with Gasteiger partial charge in [-0.1, -0.05) is 77.4 Å². The van der Waals surface area contributed by atoms with Crippen LogP contribution in [0.25, 0.3) is 0 Å². The predicted octanol–water partition coefficient (Wildman–Crippen LogP) is 7.75. The molecule has 0 saturated heterocycles. The fourth-order valence-electron chi connectivity index (χ4n) is 2.76. The smallest absolute Gasteiger partial charge is 0.193 e. The van der Waals surface area contributed by atoms with Crippen LogP contribution in [0.15, 0.2) is 36.4 Å². The summed E-state index contributed by atoms with van der Waals surface area (Å²) in [6.07, 6.45) is 3.94. The van der Waals surface area contributed by atoms with Gasteiger partial charge in [-0.3, -0.25) is 0 Å². The van der Waals surface area contributed by atoms with E-state index in [4.69, 9.17) is 25.2 Å². The van der Waals surface area contributed by atoms with Gasteiger partial charge < -0.3 is 13.6 Å². The molecule has 0 amide bonds. The molecule has 1 heterocycles. The Labute approximate surface area is 191 Å². The van der Waals surface area contributed by atoms with E-state index >= 15 is 0 Å². The number of hydrogen-bond donors (Lipinski definition) is 0. The van der Waals surface area contributed by atoms with E-state index < -0.39 is 16.6 Å². The number of halogens is 1. The quantitative estimate of drug-likeness (QED) is 0.315. The van der Waals surface area contributed by atoms with Gasteiger partial charge in [0.2, 0.25) is 0 Å². The maximum atomic E-state index is 6.75. The minimum absolute atomic E-state index is 0.0980. The Balaban J connectivity index is 2.26. The molecule has 2 rings (SSSR count). The van der Waals surface area contributed by atoms with E-state index in [2.05, 4.69) is 79.9 Å². The van der Waals surface area contributed by atoms with E-state index in [9.17, 15) is 0 Å². The SMILES string of the molecule is CC(C)(C)[Si](C)(C)OC[C@H]1O[C@@H](c2ccc(Cl)cc2)C=C[C@@H]1O[Si](C)(C)C(C)(C)C. The second-order valence-electron chi connectivity index (χ2n) is 11.4. The molecule has 0 radical (unpaired) electrons. The minimum atomic E-state index is -1.95. The maximum absolute atomic E-state index is 6.75. The van der Waals surface area contributed by atoms with Gasteiger partial charge in [0.15, 0.2) is 16.6 Å². The normalized spacial score (nSPS) is 23.6. The van der Waals surface area contributed by atoms with Crippen LogP contribution < -0.4 is 0 Å². The highest BCUT2D eigenvalue weighted by Crippen LogP contribution is 2.40. The molecule has 1 aliphatic heterocycles. The molecule has 0 aromatic heterocycles. The topological polar surface area (TPSA) is 27.7 Å². The molecule has 0 N–H and O–H groups in total. The van der Waals surface area contributed by atoms with Crippen molar-refractivity contribution in [1.82, 2.24) is 0 Å². The van der Waals surface area contributed by atoms with Crippen molar-refractivity contribution in [2.24, 2.45) is 0 Å². The zero-order valence-corrected chi connectivity index (χ0v) is 23.3. The van der Waals surface area contributed by atoms with Gasteiger partial charge in [-0.25, -0.2) is 0 Å². The Hall–Kier alpha value is -0.436. The summed E-state index contributed by atoms with van der Waals surface area (Å²) in [4.78, 5) is 0. The van der Waals surface area contributed by atoms with Gasteiger partial charge in [0.25, 0.3) is 0 Å². The molecule has 0 saturated carbocycles. The lowest BCUT2D eigenvalue weighted by Gasteiger charge is -2.43. The first-order valence-electron chi connectivity index (χ1n) is 10.9. The van der Waals surface area contributed by atoms with E-state index in [1.165, 1.54) is 0 Å². The van der Waals surface area contributed by atoms with E-state index in [1.54, 1.807) is 0 Å². The molecular weight excluding hydrogens is 428 g/mol. The first-order chi connectivity index (χ1) is 13.5. The molecular formula is C24H41ClO3Si2. The second kappa shape index (κ2) is 9.20. The molecule has 1 aliphatic rings. The highest BCUT2D eigenvalue weighted by atomic mass is 35.5. The Morgan fingerprint density at radius 2 is 1.40 bits per heavy atom. The Kier molecular flexibility index (Phi) is 7.92. The number of benzene rings is 1. The number of rotatable bonds is 6.